The van der Waals surface area contributed by atoms with E-state index < -0.39 is 11.1 Å². The van der Waals surface area contributed by atoms with Crippen molar-refractivity contribution in [1.82, 2.24) is 18.7 Å². The number of hydrogen-bond donors (Lipinski definition) is 1. The van der Waals surface area contributed by atoms with Crippen molar-refractivity contribution >= 4 is 22.1 Å². The molecule has 0 aliphatic heterocycles. The van der Waals surface area contributed by atoms with E-state index in [4.69, 9.17) is 0 Å². The molecule has 7 nitrogen and oxygen atoms in total. The Hall–Kier alpha value is -3.35. The van der Waals surface area contributed by atoms with Gasteiger partial charge in [-0.25, -0.2) is 4.79 Å². The maximum atomic E-state index is 12.4. The summed E-state index contributed by atoms with van der Waals surface area (Å²) < 4.78 is 4.48. The molecule has 0 aliphatic rings. The molecule has 0 saturated heterocycles. The number of rotatable bonds is 2. The van der Waals surface area contributed by atoms with Crippen molar-refractivity contribution in [2.24, 2.45) is 14.1 Å². The Morgan fingerprint density at radius 3 is 2.20 bits per heavy atom. The minimum absolute atomic E-state index is 0.162. The Morgan fingerprint density at radius 2 is 1.52 bits per heavy atom. The second kappa shape index (κ2) is 5.34. The maximum absolute atomic E-state index is 12.4. The predicted molar refractivity (Wildman–Crippen MR) is 96.1 cm³/mol. The van der Waals surface area contributed by atoms with E-state index in [9.17, 15) is 14.4 Å². The van der Waals surface area contributed by atoms with Crippen molar-refractivity contribution in [3.05, 3.63) is 79.2 Å². The molecule has 0 aliphatic carbocycles. The lowest BCUT2D eigenvalue weighted by Crippen LogP contribution is -2.36. The molecule has 0 atom stereocenters. The quantitative estimate of drug-likeness (QED) is 0.553. The van der Waals surface area contributed by atoms with Gasteiger partial charge in [0.15, 0.2) is 0 Å². The highest BCUT2D eigenvalue weighted by Gasteiger charge is 2.14. The number of H-pyrrole nitrogens is 1. The van der Waals surface area contributed by atoms with Crippen molar-refractivity contribution in [1.29, 1.82) is 0 Å². The molecule has 0 unspecified atom stereocenters. The zero-order valence-electron chi connectivity index (χ0n) is 13.8. The van der Waals surface area contributed by atoms with Gasteiger partial charge in [-0.15, -0.1) is 0 Å². The van der Waals surface area contributed by atoms with Crippen molar-refractivity contribution in [3.63, 3.8) is 0 Å². The number of imidazole rings is 1. The second-order valence-corrected chi connectivity index (χ2v) is 6.09. The molecular weight excluding hydrogens is 320 g/mol. The van der Waals surface area contributed by atoms with E-state index in [0.717, 1.165) is 5.56 Å². The van der Waals surface area contributed by atoms with E-state index >= 15 is 0 Å². The van der Waals surface area contributed by atoms with E-state index in [-0.39, 0.29) is 12.2 Å². The Balaban J connectivity index is 2.10. The highest BCUT2D eigenvalue weighted by atomic mass is 16.2. The van der Waals surface area contributed by atoms with Crippen LogP contribution in [0.25, 0.3) is 22.1 Å². The van der Waals surface area contributed by atoms with E-state index in [1.165, 1.54) is 13.7 Å². The van der Waals surface area contributed by atoms with Gasteiger partial charge in [-0.1, -0.05) is 30.3 Å². The van der Waals surface area contributed by atoms with Crippen LogP contribution in [-0.2, 0) is 20.6 Å². The average molecular weight is 336 g/mol. The number of nitrogens with one attached hydrogen (secondary N) is 1. The number of fused-ring (bicyclic) bond motifs is 2. The molecule has 2 aromatic carbocycles. The third kappa shape index (κ3) is 2.24. The van der Waals surface area contributed by atoms with Crippen LogP contribution in [0.15, 0.2) is 56.8 Å². The van der Waals surface area contributed by atoms with Crippen LogP contribution in [0.5, 0.6) is 0 Å². The van der Waals surface area contributed by atoms with Crippen LogP contribution < -0.4 is 16.8 Å². The van der Waals surface area contributed by atoms with Crippen LogP contribution in [0, 0.1) is 0 Å². The van der Waals surface area contributed by atoms with Gasteiger partial charge in [0.05, 0.1) is 28.6 Å². The molecule has 25 heavy (non-hydrogen) atoms. The first kappa shape index (κ1) is 15.2. The van der Waals surface area contributed by atoms with E-state index in [0.29, 0.717) is 22.1 Å². The Morgan fingerprint density at radius 1 is 0.880 bits per heavy atom. The summed E-state index contributed by atoms with van der Waals surface area (Å²) in [6.07, 6.45) is 0. The number of benzene rings is 2. The van der Waals surface area contributed by atoms with Crippen molar-refractivity contribution in [2.45, 2.75) is 6.54 Å². The minimum Gasteiger partial charge on any atom is -0.316 e. The monoisotopic (exact) mass is 336 g/mol. The van der Waals surface area contributed by atoms with Gasteiger partial charge in [0.2, 0.25) is 0 Å². The molecule has 4 rings (SSSR count). The van der Waals surface area contributed by atoms with E-state index in [2.05, 4.69) is 4.98 Å². The van der Waals surface area contributed by atoms with Crippen molar-refractivity contribution in [3.8, 4) is 0 Å². The van der Waals surface area contributed by atoms with Crippen LogP contribution in [0.1, 0.15) is 5.56 Å². The normalized spacial score (nSPS) is 11.4. The Kier molecular flexibility index (Phi) is 3.24. The molecule has 4 aromatic rings. The predicted octanol–water partition coefficient (Wildman–Crippen LogP) is 0.928. The zero-order valence-corrected chi connectivity index (χ0v) is 13.8. The first-order valence-corrected chi connectivity index (χ1v) is 7.83. The van der Waals surface area contributed by atoms with Gasteiger partial charge in [0.1, 0.15) is 0 Å². The molecule has 0 fully saturated rings. The summed E-state index contributed by atoms with van der Waals surface area (Å²) in [6, 6.07) is 13.0. The number of aromatic nitrogens is 4. The van der Waals surface area contributed by atoms with Gasteiger partial charge in [0.25, 0.3) is 0 Å². The lowest BCUT2D eigenvalue weighted by Gasteiger charge is -2.10. The average Bonchev–Trinajstić information content (AvgIpc) is 2.82. The first-order valence-electron chi connectivity index (χ1n) is 7.83. The molecule has 1 N–H and O–H groups in total. The first-order chi connectivity index (χ1) is 12.0. The van der Waals surface area contributed by atoms with Gasteiger partial charge in [-0.05, 0) is 17.7 Å². The third-order valence-electron chi connectivity index (χ3n) is 4.55. The fourth-order valence-corrected chi connectivity index (χ4v) is 3.19. The fourth-order valence-electron chi connectivity index (χ4n) is 3.19. The summed E-state index contributed by atoms with van der Waals surface area (Å²) in [6.45, 7) is 0.284. The highest BCUT2D eigenvalue weighted by molar-refractivity contribution is 5.91. The number of nitrogens with zero attached hydrogens (tertiary/aromatic N) is 3. The molecule has 0 amide bonds. The molecule has 0 spiro atoms. The van der Waals surface area contributed by atoms with Gasteiger partial charge in [-0.3, -0.25) is 23.3 Å². The number of aromatic amines is 1. The number of aryl methyl sites for hydroxylation is 2. The van der Waals surface area contributed by atoms with Crippen LogP contribution in [-0.4, -0.2) is 18.7 Å². The maximum Gasteiger partial charge on any atom is 0.328 e. The molecule has 0 radical (unpaired) electrons. The third-order valence-corrected chi connectivity index (χ3v) is 4.55. The second-order valence-electron chi connectivity index (χ2n) is 6.09. The zero-order chi connectivity index (χ0) is 17.7. The molecule has 2 aromatic heterocycles. The van der Waals surface area contributed by atoms with E-state index in [1.807, 2.05) is 30.3 Å². The van der Waals surface area contributed by atoms with Gasteiger partial charge >= 0.3 is 16.8 Å². The van der Waals surface area contributed by atoms with Crippen LogP contribution in [0.2, 0.25) is 0 Å². The molecule has 0 saturated carbocycles. The fraction of sp³-hybridized carbons (Fsp3) is 0.167. The SMILES string of the molecule is Cn1c(=O)n(C)c2cc3c(cc21)[nH]c(=O)c(=O)n3Cc1ccccc1. The van der Waals surface area contributed by atoms with Crippen LogP contribution in [0.3, 0.4) is 0 Å². The summed E-state index contributed by atoms with van der Waals surface area (Å²) >= 11 is 0. The van der Waals surface area contributed by atoms with E-state index in [1.54, 1.807) is 26.2 Å². The molecular formula is C18H16N4O3. The smallest absolute Gasteiger partial charge is 0.316 e. The summed E-state index contributed by atoms with van der Waals surface area (Å²) in [5.74, 6) is 0. The van der Waals surface area contributed by atoms with Gasteiger partial charge < -0.3 is 4.98 Å². The highest BCUT2D eigenvalue weighted by Crippen LogP contribution is 2.19. The summed E-state index contributed by atoms with van der Waals surface area (Å²) in [4.78, 5) is 39.3. The lowest BCUT2D eigenvalue weighted by molar-refractivity contribution is 0.776. The molecule has 126 valence electrons. The Labute approximate surface area is 141 Å². The summed E-state index contributed by atoms with van der Waals surface area (Å²) in [5, 5.41) is 0. The van der Waals surface area contributed by atoms with Crippen LogP contribution >= 0.6 is 0 Å². The number of hydrogen-bond acceptors (Lipinski definition) is 3. The summed E-state index contributed by atoms with van der Waals surface area (Å²) in [5.41, 5.74) is 1.97. The topological polar surface area (TPSA) is 81.8 Å². The van der Waals surface area contributed by atoms with Crippen LogP contribution in [0.4, 0.5) is 0 Å². The molecule has 2 heterocycles. The standard InChI is InChI=1S/C18H16N4O3/c1-20-14-8-12-13(9-15(14)21(2)18(20)25)22(17(24)16(23)19-12)10-11-6-4-3-5-7-11/h3-9H,10H2,1-2H3,(H,19,23). The van der Waals surface area contributed by atoms with Crippen molar-refractivity contribution < 1.29 is 0 Å². The molecule has 7 heteroatoms. The van der Waals surface area contributed by atoms with Gasteiger partial charge in [0, 0.05) is 14.1 Å². The Bertz CT molecular complexity index is 1290. The largest absolute Gasteiger partial charge is 0.328 e. The van der Waals surface area contributed by atoms with Gasteiger partial charge in [-0.2, -0.15) is 0 Å². The lowest BCUT2D eigenvalue weighted by atomic mass is 10.2. The summed E-state index contributed by atoms with van der Waals surface area (Å²) in [7, 11) is 3.36. The molecule has 0 bridgehead atoms. The minimum atomic E-state index is -0.677. The van der Waals surface area contributed by atoms with Crippen molar-refractivity contribution in [2.75, 3.05) is 0 Å².